The summed E-state index contributed by atoms with van der Waals surface area (Å²) in [6.45, 7) is 6.28. The summed E-state index contributed by atoms with van der Waals surface area (Å²) in [5, 5.41) is 3.21. The molecule has 1 heterocycles. The molecule has 0 amide bonds. The molecule has 0 saturated heterocycles. The number of carbonyl (C=O) groups excluding carboxylic acids is 1. The Hall–Kier alpha value is -1.37. The number of rotatable bonds is 9. The van der Waals surface area contributed by atoms with E-state index in [1.165, 1.54) is 7.11 Å². The zero-order valence-electron chi connectivity index (χ0n) is 11.7. The van der Waals surface area contributed by atoms with Crippen molar-refractivity contribution in [1.29, 1.82) is 0 Å². The van der Waals surface area contributed by atoms with Crippen LogP contribution >= 0.6 is 0 Å². The van der Waals surface area contributed by atoms with E-state index in [1.807, 2.05) is 19.9 Å². The Morgan fingerprint density at radius 1 is 1.32 bits per heavy atom. The Morgan fingerprint density at radius 2 is 2.00 bits per heavy atom. The molecule has 0 spiro atoms. The summed E-state index contributed by atoms with van der Waals surface area (Å²) in [7, 11) is 1.36. The molecule has 0 aromatic carbocycles. The van der Waals surface area contributed by atoms with Gasteiger partial charge in [0.05, 0.1) is 7.11 Å². The number of carbonyl (C=O) groups is 1. The van der Waals surface area contributed by atoms with Crippen LogP contribution in [-0.2, 0) is 20.8 Å². The fourth-order valence-corrected chi connectivity index (χ4v) is 1.63. The lowest BCUT2D eigenvalue weighted by atomic mass is 10.4. The van der Waals surface area contributed by atoms with Gasteiger partial charge < -0.3 is 24.5 Å². The van der Waals surface area contributed by atoms with Crippen LogP contribution in [0, 0.1) is 0 Å². The molecule has 1 rings (SSSR count). The van der Waals surface area contributed by atoms with Crippen LogP contribution in [0.2, 0.25) is 0 Å². The first-order valence-corrected chi connectivity index (χ1v) is 6.41. The SMILES string of the molecule is CCOC(CNCc1ccc(C(=O)OC)[nH]1)OCC. The number of aromatic amines is 1. The van der Waals surface area contributed by atoms with Gasteiger partial charge in [0.2, 0.25) is 0 Å². The number of methoxy groups -OCH3 is 1. The van der Waals surface area contributed by atoms with E-state index in [-0.39, 0.29) is 12.3 Å². The molecule has 2 N–H and O–H groups in total. The van der Waals surface area contributed by atoms with Gasteiger partial charge in [-0.25, -0.2) is 4.79 Å². The van der Waals surface area contributed by atoms with Gasteiger partial charge in [-0.1, -0.05) is 0 Å². The van der Waals surface area contributed by atoms with E-state index < -0.39 is 0 Å². The molecular formula is C13H22N2O4. The van der Waals surface area contributed by atoms with E-state index in [2.05, 4.69) is 15.0 Å². The lowest BCUT2D eigenvalue weighted by Crippen LogP contribution is -2.31. The average molecular weight is 270 g/mol. The first-order valence-electron chi connectivity index (χ1n) is 6.41. The molecular weight excluding hydrogens is 248 g/mol. The third-order valence-electron chi connectivity index (χ3n) is 2.48. The monoisotopic (exact) mass is 270 g/mol. The standard InChI is InChI=1S/C13H22N2O4/c1-4-18-12(19-5-2)9-14-8-10-6-7-11(15-10)13(16)17-3/h6-7,12,14-15H,4-5,8-9H2,1-3H3. The van der Waals surface area contributed by atoms with Crippen LogP contribution in [0.5, 0.6) is 0 Å². The summed E-state index contributed by atoms with van der Waals surface area (Å²) < 4.78 is 15.4. The Labute approximate surface area is 113 Å². The maximum absolute atomic E-state index is 11.3. The van der Waals surface area contributed by atoms with Crippen molar-refractivity contribution in [2.24, 2.45) is 0 Å². The maximum Gasteiger partial charge on any atom is 0.354 e. The molecule has 1 aromatic rings. The summed E-state index contributed by atoms with van der Waals surface area (Å²) >= 11 is 0. The zero-order valence-corrected chi connectivity index (χ0v) is 11.7. The Kier molecular flexibility index (Phi) is 7.17. The molecule has 0 unspecified atom stereocenters. The van der Waals surface area contributed by atoms with E-state index in [0.717, 1.165) is 5.69 Å². The second kappa shape index (κ2) is 8.68. The van der Waals surface area contributed by atoms with Gasteiger partial charge in [-0.05, 0) is 26.0 Å². The quantitative estimate of drug-likeness (QED) is 0.522. The normalized spacial score (nSPS) is 10.9. The van der Waals surface area contributed by atoms with Crippen LogP contribution in [0.25, 0.3) is 0 Å². The molecule has 0 atom stereocenters. The molecule has 0 fully saturated rings. The lowest BCUT2D eigenvalue weighted by molar-refractivity contribution is -0.133. The number of hydrogen-bond acceptors (Lipinski definition) is 5. The summed E-state index contributed by atoms with van der Waals surface area (Å²) in [5.74, 6) is -0.368. The van der Waals surface area contributed by atoms with Crippen LogP contribution in [0.15, 0.2) is 12.1 Å². The highest BCUT2D eigenvalue weighted by molar-refractivity contribution is 5.87. The van der Waals surface area contributed by atoms with Gasteiger partial charge in [0.25, 0.3) is 0 Å². The average Bonchev–Trinajstić information content (AvgIpc) is 2.87. The van der Waals surface area contributed by atoms with Crippen molar-refractivity contribution in [3.05, 3.63) is 23.5 Å². The first kappa shape index (κ1) is 15.7. The minimum atomic E-state index is -0.368. The number of nitrogens with one attached hydrogen (secondary N) is 2. The number of esters is 1. The highest BCUT2D eigenvalue weighted by Crippen LogP contribution is 2.03. The second-order valence-corrected chi connectivity index (χ2v) is 3.86. The zero-order chi connectivity index (χ0) is 14.1. The van der Waals surface area contributed by atoms with E-state index in [9.17, 15) is 4.79 Å². The summed E-state index contributed by atoms with van der Waals surface area (Å²) in [5.41, 5.74) is 1.36. The molecule has 6 nitrogen and oxygen atoms in total. The van der Waals surface area contributed by atoms with Crippen LogP contribution in [0.3, 0.4) is 0 Å². The smallest absolute Gasteiger partial charge is 0.354 e. The molecule has 1 aromatic heterocycles. The topological polar surface area (TPSA) is 72.6 Å². The Morgan fingerprint density at radius 3 is 2.58 bits per heavy atom. The fourth-order valence-electron chi connectivity index (χ4n) is 1.63. The molecule has 0 aliphatic heterocycles. The van der Waals surface area contributed by atoms with Crippen molar-refractivity contribution >= 4 is 5.97 Å². The van der Waals surface area contributed by atoms with Crippen molar-refractivity contribution in [2.75, 3.05) is 26.9 Å². The molecule has 0 saturated carbocycles. The Balaban J connectivity index is 2.35. The van der Waals surface area contributed by atoms with Crippen molar-refractivity contribution in [1.82, 2.24) is 10.3 Å². The van der Waals surface area contributed by atoms with E-state index in [4.69, 9.17) is 9.47 Å². The fraction of sp³-hybridized carbons (Fsp3) is 0.615. The van der Waals surface area contributed by atoms with Crippen molar-refractivity contribution < 1.29 is 19.0 Å². The highest BCUT2D eigenvalue weighted by atomic mass is 16.7. The van der Waals surface area contributed by atoms with Gasteiger partial charge >= 0.3 is 5.97 Å². The van der Waals surface area contributed by atoms with Crippen LogP contribution in [0.1, 0.15) is 30.0 Å². The summed E-state index contributed by atoms with van der Waals surface area (Å²) in [4.78, 5) is 14.2. The molecule has 0 bridgehead atoms. The predicted octanol–water partition coefficient (Wildman–Crippen LogP) is 1.29. The van der Waals surface area contributed by atoms with Gasteiger partial charge in [-0.3, -0.25) is 0 Å². The Bertz CT molecular complexity index is 372. The third-order valence-corrected chi connectivity index (χ3v) is 2.48. The number of ether oxygens (including phenoxy) is 3. The minimum absolute atomic E-state index is 0.245. The highest BCUT2D eigenvalue weighted by Gasteiger charge is 2.09. The molecule has 19 heavy (non-hydrogen) atoms. The maximum atomic E-state index is 11.3. The second-order valence-electron chi connectivity index (χ2n) is 3.86. The van der Waals surface area contributed by atoms with E-state index >= 15 is 0 Å². The van der Waals surface area contributed by atoms with Crippen LogP contribution < -0.4 is 5.32 Å². The van der Waals surface area contributed by atoms with E-state index in [0.29, 0.717) is 32.0 Å². The summed E-state index contributed by atoms with van der Waals surface area (Å²) in [6, 6.07) is 3.54. The number of aromatic nitrogens is 1. The first-order chi connectivity index (χ1) is 9.21. The number of H-pyrrole nitrogens is 1. The third kappa shape index (κ3) is 5.42. The summed E-state index contributed by atoms with van der Waals surface area (Å²) in [6.07, 6.45) is -0.245. The van der Waals surface area contributed by atoms with Crippen molar-refractivity contribution in [2.45, 2.75) is 26.7 Å². The minimum Gasteiger partial charge on any atom is -0.464 e. The van der Waals surface area contributed by atoms with Gasteiger partial charge in [-0.15, -0.1) is 0 Å². The van der Waals surface area contributed by atoms with Crippen LogP contribution in [0.4, 0.5) is 0 Å². The largest absolute Gasteiger partial charge is 0.464 e. The van der Waals surface area contributed by atoms with Crippen molar-refractivity contribution in [3.8, 4) is 0 Å². The molecule has 108 valence electrons. The lowest BCUT2D eigenvalue weighted by Gasteiger charge is -2.17. The van der Waals surface area contributed by atoms with E-state index in [1.54, 1.807) is 6.07 Å². The van der Waals surface area contributed by atoms with Crippen LogP contribution in [-0.4, -0.2) is 44.1 Å². The van der Waals surface area contributed by atoms with Gasteiger partial charge in [0, 0.05) is 32.0 Å². The molecule has 0 aliphatic carbocycles. The molecule has 6 heteroatoms. The van der Waals surface area contributed by atoms with Gasteiger partial charge in [-0.2, -0.15) is 0 Å². The van der Waals surface area contributed by atoms with Crippen molar-refractivity contribution in [3.63, 3.8) is 0 Å². The molecule has 0 aliphatic rings. The predicted molar refractivity (Wildman–Crippen MR) is 70.9 cm³/mol. The van der Waals surface area contributed by atoms with Gasteiger partial charge in [0.1, 0.15) is 5.69 Å². The molecule has 0 radical (unpaired) electrons. The number of hydrogen-bond donors (Lipinski definition) is 2. The van der Waals surface area contributed by atoms with Gasteiger partial charge in [0.15, 0.2) is 6.29 Å².